The molecule has 0 saturated heterocycles. The molecule has 93 valence electrons. The van der Waals surface area contributed by atoms with E-state index in [0.29, 0.717) is 6.61 Å². The number of nitrogens with zero attached hydrogens (tertiary/aromatic N) is 3. The standard InChI is InChI=1S/C4H10O.3C2H6N.Ti/c1-2-3-4-5;3*1-3-2;/h5H,2-4H2,1H3;3*1-2H3;/q;3*-1;+3. The van der Waals surface area contributed by atoms with E-state index in [9.17, 15) is 0 Å². The minimum absolute atomic E-state index is 0. The molecule has 0 heterocycles. The molecule has 0 fully saturated rings. The smallest absolute Gasteiger partial charge is 0.668 e. The van der Waals surface area contributed by atoms with Crippen molar-refractivity contribution in [2.45, 2.75) is 19.8 Å². The Bertz CT molecular complexity index is 44.9. The second kappa shape index (κ2) is 62.2. The molecule has 1 radical (unpaired) electrons. The topological polar surface area (TPSA) is 62.5 Å². The zero-order chi connectivity index (χ0) is 12.2. The molecule has 0 aliphatic heterocycles. The maximum Gasteiger partial charge on any atom is 3.00 e. The first-order chi connectivity index (χ1) is 6.66. The molecule has 0 spiro atoms. The molecular weight excluding hydrogens is 226 g/mol. The molecule has 4 nitrogen and oxygen atoms in total. The Morgan fingerprint density at radius 3 is 1.00 bits per heavy atom. The molecule has 5 heteroatoms. The minimum Gasteiger partial charge on any atom is -0.668 e. The minimum atomic E-state index is 0. The summed E-state index contributed by atoms with van der Waals surface area (Å²) < 4.78 is 0. The van der Waals surface area contributed by atoms with Gasteiger partial charge in [0, 0.05) is 6.61 Å². The van der Waals surface area contributed by atoms with Crippen LogP contribution in [0.4, 0.5) is 0 Å². The molecule has 0 aromatic carbocycles. The third-order valence-corrected chi connectivity index (χ3v) is 0.512. The second-order valence-electron chi connectivity index (χ2n) is 2.42. The Labute approximate surface area is 111 Å². The van der Waals surface area contributed by atoms with Crippen molar-refractivity contribution in [2.75, 3.05) is 48.9 Å². The fourth-order valence-corrected chi connectivity index (χ4v) is 0.158. The van der Waals surface area contributed by atoms with E-state index in [1.165, 1.54) is 0 Å². The van der Waals surface area contributed by atoms with E-state index in [4.69, 9.17) is 5.11 Å². The zero-order valence-corrected chi connectivity index (χ0v) is 13.0. The molecule has 0 aromatic heterocycles. The van der Waals surface area contributed by atoms with E-state index in [1.807, 2.05) is 0 Å². The SMILES string of the molecule is CCCCO.C[N-]C.C[N-]C.C[N-]C.[Ti+3]. The van der Waals surface area contributed by atoms with Gasteiger partial charge in [0.1, 0.15) is 0 Å². The third kappa shape index (κ3) is 352. The van der Waals surface area contributed by atoms with Crippen molar-refractivity contribution >= 4 is 0 Å². The van der Waals surface area contributed by atoms with Gasteiger partial charge in [0.25, 0.3) is 0 Å². The van der Waals surface area contributed by atoms with Gasteiger partial charge in [0.05, 0.1) is 0 Å². The molecule has 0 unspecified atom stereocenters. The summed E-state index contributed by atoms with van der Waals surface area (Å²) >= 11 is 0. The Morgan fingerprint density at radius 2 is 1.00 bits per heavy atom. The summed E-state index contributed by atoms with van der Waals surface area (Å²) in [6.45, 7) is 2.40. The number of hydrogen-bond donors (Lipinski definition) is 1. The molecule has 0 aromatic rings. The maximum absolute atomic E-state index is 8.07. The molecule has 0 saturated carbocycles. The van der Waals surface area contributed by atoms with Gasteiger partial charge in [-0.1, -0.05) is 13.3 Å². The van der Waals surface area contributed by atoms with Gasteiger partial charge in [-0.3, -0.25) is 0 Å². The van der Waals surface area contributed by atoms with Crippen molar-refractivity contribution in [3.8, 4) is 0 Å². The molecule has 0 bridgehead atoms. The van der Waals surface area contributed by atoms with Crippen LogP contribution >= 0.6 is 0 Å². The predicted molar refractivity (Wildman–Crippen MR) is 67.6 cm³/mol. The molecule has 15 heavy (non-hydrogen) atoms. The van der Waals surface area contributed by atoms with Crippen LogP contribution in [-0.2, 0) is 21.7 Å². The Hall–Kier alpha value is 0.554. The van der Waals surface area contributed by atoms with E-state index in [-0.39, 0.29) is 21.7 Å². The fourth-order valence-electron chi connectivity index (χ4n) is 0.158. The summed E-state index contributed by atoms with van der Waals surface area (Å²) in [6, 6.07) is 0. The largest absolute Gasteiger partial charge is 3.00 e. The number of rotatable bonds is 2. The van der Waals surface area contributed by atoms with Gasteiger partial charge in [0.2, 0.25) is 0 Å². The molecule has 1 N–H and O–H groups in total. The van der Waals surface area contributed by atoms with Crippen LogP contribution in [-0.4, -0.2) is 54.0 Å². The zero-order valence-electron chi connectivity index (χ0n) is 11.4. The summed E-state index contributed by atoms with van der Waals surface area (Å²) in [6.07, 6.45) is 2.04. The second-order valence-corrected chi connectivity index (χ2v) is 2.42. The monoisotopic (exact) mass is 254 g/mol. The van der Waals surface area contributed by atoms with Gasteiger partial charge >= 0.3 is 21.7 Å². The van der Waals surface area contributed by atoms with Crippen LogP contribution in [0.5, 0.6) is 0 Å². The molecule has 0 atom stereocenters. The quantitative estimate of drug-likeness (QED) is 0.756. The molecular formula is C10H28N3OTi. The van der Waals surface area contributed by atoms with E-state index in [2.05, 4.69) is 22.9 Å². The van der Waals surface area contributed by atoms with E-state index < -0.39 is 0 Å². The van der Waals surface area contributed by atoms with Gasteiger partial charge in [-0.05, 0) is 6.42 Å². The van der Waals surface area contributed by atoms with Crippen molar-refractivity contribution in [3.63, 3.8) is 0 Å². The van der Waals surface area contributed by atoms with Crippen LogP contribution in [0.3, 0.4) is 0 Å². The number of unbranched alkanes of at least 4 members (excludes halogenated alkanes) is 1. The van der Waals surface area contributed by atoms with Gasteiger partial charge in [-0.15, -0.1) is 0 Å². The van der Waals surface area contributed by atoms with Crippen LogP contribution in [0, 0.1) is 0 Å². The molecule has 0 rings (SSSR count). The van der Waals surface area contributed by atoms with Crippen LogP contribution in [0.2, 0.25) is 0 Å². The summed E-state index contributed by atoms with van der Waals surface area (Å²) in [7, 11) is 10.5. The Balaban J connectivity index is -0.0000000300. The summed E-state index contributed by atoms with van der Waals surface area (Å²) in [4.78, 5) is 0. The fraction of sp³-hybridized carbons (Fsp3) is 1.00. The van der Waals surface area contributed by atoms with Crippen molar-refractivity contribution in [1.82, 2.24) is 0 Å². The summed E-state index contributed by atoms with van der Waals surface area (Å²) in [5.74, 6) is 0. The van der Waals surface area contributed by atoms with Crippen LogP contribution in [0.15, 0.2) is 0 Å². The van der Waals surface area contributed by atoms with Gasteiger partial charge in [-0.2, -0.15) is 42.3 Å². The predicted octanol–water partition coefficient (Wildman–Crippen LogP) is 2.64. The first kappa shape index (κ1) is 29.6. The third-order valence-electron chi connectivity index (χ3n) is 0.512. The van der Waals surface area contributed by atoms with Crippen molar-refractivity contribution in [3.05, 3.63) is 16.0 Å². The van der Waals surface area contributed by atoms with Gasteiger partial charge in [-0.25, -0.2) is 0 Å². The average molecular weight is 254 g/mol. The normalized spacial score (nSPS) is 6.40. The first-order valence-corrected chi connectivity index (χ1v) is 4.71. The Morgan fingerprint density at radius 1 is 0.800 bits per heavy atom. The molecule has 0 amide bonds. The van der Waals surface area contributed by atoms with Crippen molar-refractivity contribution in [2.24, 2.45) is 0 Å². The summed E-state index contributed by atoms with van der Waals surface area (Å²) in [5, 5.41) is 18.6. The average Bonchev–Trinajstić information content (AvgIpc) is 2.09. The summed E-state index contributed by atoms with van der Waals surface area (Å²) in [5.41, 5.74) is 0. The van der Waals surface area contributed by atoms with Gasteiger partial charge in [0.15, 0.2) is 0 Å². The van der Waals surface area contributed by atoms with Gasteiger partial charge < -0.3 is 21.1 Å². The van der Waals surface area contributed by atoms with E-state index in [0.717, 1.165) is 12.8 Å². The maximum atomic E-state index is 8.07. The number of aliphatic hydroxyl groups excluding tert-OH is 1. The van der Waals surface area contributed by atoms with Crippen LogP contribution in [0.25, 0.3) is 16.0 Å². The molecule has 0 aliphatic rings. The van der Waals surface area contributed by atoms with E-state index in [1.54, 1.807) is 42.3 Å². The van der Waals surface area contributed by atoms with Crippen molar-refractivity contribution in [1.29, 1.82) is 0 Å². The Kier molecular flexibility index (Phi) is 123. The number of hydrogen-bond acceptors (Lipinski definition) is 1. The van der Waals surface area contributed by atoms with Crippen molar-refractivity contribution < 1.29 is 26.8 Å². The first-order valence-electron chi connectivity index (χ1n) is 4.71. The van der Waals surface area contributed by atoms with Crippen LogP contribution < -0.4 is 0 Å². The van der Waals surface area contributed by atoms with E-state index >= 15 is 0 Å². The van der Waals surface area contributed by atoms with Crippen LogP contribution in [0.1, 0.15) is 19.8 Å². The molecule has 0 aliphatic carbocycles. The number of aliphatic hydroxyl groups is 1.